The predicted octanol–water partition coefficient (Wildman–Crippen LogP) is 3.14. The number of nitrogens with one attached hydrogen (secondary N) is 1. The van der Waals surface area contributed by atoms with E-state index in [1.807, 2.05) is 0 Å². The van der Waals surface area contributed by atoms with Gasteiger partial charge in [-0.15, -0.1) is 0 Å². The lowest BCUT2D eigenvalue weighted by atomic mass is 10.1. The average molecular weight is 301 g/mol. The zero-order valence-corrected chi connectivity index (χ0v) is 11.1. The van der Waals surface area contributed by atoms with Gasteiger partial charge in [-0.05, 0) is 19.1 Å². The maximum atomic E-state index is 13.7. The Morgan fingerprint density at radius 2 is 2.00 bits per heavy atom. The van der Waals surface area contributed by atoms with Crippen molar-refractivity contribution in [1.29, 1.82) is 0 Å². The molecule has 1 N–H and O–H groups in total. The zero-order chi connectivity index (χ0) is 15.8. The molecule has 0 saturated heterocycles. The van der Waals surface area contributed by atoms with Crippen molar-refractivity contribution in [1.82, 2.24) is 9.78 Å². The van der Waals surface area contributed by atoms with E-state index in [0.717, 1.165) is 12.6 Å². The van der Waals surface area contributed by atoms with E-state index < -0.39 is 29.4 Å². The SMILES string of the molecule is Cc1cccc(C(=O)Nc2c(F)c(C(F)(F)F)nn2C)c1. The fourth-order valence-electron chi connectivity index (χ4n) is 1.78. The molecular weight excluding hydrogens is 290 g/mol. The Morgan fingerprint density at radius 1 is 1.33 bits per heavy atom. The molecule has 1 aromatic heterocycles. The molecule has 112 valence electrons. The summed E-state index contributed by atoms with van der Waals surface area (Å²) < 4.78 is 52.0. The van der Waals surface area contributed by atoms with Crippen LogP contribution >= 0.6 is 0 Å². The Labute approximate surface area is 117 Å². The Kier molecular flexibility index (Phi) is 3.71. The Balaban J connectivity index is 2.32. The maximum absolute atomic E-state index is 13.7. The lowest BCUT2D eigenvalue weighted by Gasteiger charge is -2.06. The molecule has 0 bridgehead atoms. The molecule has 0 aliphatic heterocycles. The quantitative estimate of drug-likeness (QED) is 0.866. The van der Waals surface area contributed by atoms with Gasteiger partial charge in [0.25, 0.3) is 5.91 Å². The maximum Gasteiger partial charge on any atom is 0.438 e. The fourth-order valence-corrected chi connectivity index (χ4v) is 1.78. The molecule has 0 atom stereocenters. The lowest BCUT2D eigenvalue weighted by Crippen LogP contribution is -2.15. The van der Waals surface area contributed by atoms with E-state index >= 15 is 0 Å². The molecule has 1 amide bonds. The van der Waals surface area contributed by atoms with Crippen molar-refractivity contribution in [2.24, 2.45) is 7.05 Å². The molecule has 0 aliphatic carbocycles. The van der Waals surface area contributed by atoms with Crippen molar-refractivity contribution in [3.8, 4) is 0 Å². The number of halogens is 4. The van der Waals surface area contributed by atoms with Crippen molar-refractivity contribution in [2.45, 2.75) is 13.1 Å². The molecule has 4 nitrogen and oxygen atoms in total. The first-order valence-corrected chi connectivity index (χ1v) is 5.88. The number of hydrogen-bond acceptors (Lipinski definition) is 2. The van der Waals surface area contributed by atoms with Crippen LogP contribution in [0.2, 0.25) is 0 Å². The van der Waals surface area contributed by atoms with Crippen molar-refractivity contribution in [3.63, 3.8) is 0 Å². The first kappa shape index (κ1) is 15.0. The van der Waals surface area contributed by atoms with E-state index in [1.54, 1.807) is 19.1 Å². The average Bonchev–Trinajstić information content (AvgIpc) is 2.66. The highest BCUT2D eigenvalue weighted by Crippen LogP contribution is 2.33. The van der Waals surface area contributed by atoms with Gasteiger partial charge in [0, 0.05) is 12.6 Å². The number of benzene rings is 1. The molecule has 2 aromatic rings. The van der Waals surface area contributed by atoms with Gasteiger partial charge >= 0.3 is 6.18 Å². The van der Waals surface area contributed by atoms with Crippen LogP contribution in [0.4, 0.5) is 23.4 Å². The summed E-state index contributed by atoms with van der Waals surface area (Å²) in [5, 5.41) is 5.15. The molecule has 1 heterocycles. The number of anilines is 1. The molecule has 8 heteroatoms. The Hall–Kier alpha value is -2.38. The number of rotatable bonds is 2. The number of hydrogen-bond donors (Lipinski definition) is 1. The third-order valence-corrected chi connectivity index (χ3v) is 2.77. The van der Waals surface area contributed by atoms with E-state index in [-0.39, 0.29) is 5.56 Å². The highest BCUT2D eigenvalue weighted by Gasteiger charge is 2.40. The minimum atomic E-state index is -4.92. The first-order chi connectivity index (χ1) is 9.70. The third kappa shape index (κ3) is 3.04. The predicted molar refractivity (Wildman–Crippen MR) is 67.3 cm³/mol. The summed E-state index contributed by atoms with van der Waals surface area (Å²) in [6.45, 7) is 1.75. The van der Waals surface area contributed by atoms with Crippen LogP contribution in [0.1, 0.15) is 21.6 Å². The number of aryl methyl sites for hydroxylation is 2. The van der Waals surface area contributed by atoms with Gasteiger partial charge in [0.2, 0.25) is 5.69 Å². The monoisotopic (exact) mass is 301 g/mol. The largest absolute Gasteiger partial charge is 0.438 e. The molecule has 0 radical (unpaired) electrons. The number of carbonyl (C=O) groups is 1. The van der Waals surface area contributed by atoms with Crippen LogP contribution in [-0.4, -0.2) is 15.7 Å². The molecule has 0 spiro atoms. The number of nitrogens with zero attached hydrogens (tertiary/aromatic N) is 2. The minimum absolute atomic E-state index is 0.212. The van der Waals surface area contributed by atoms with E-state index in [1.165, 1.54) is 12.1 Å². The van der Waals surface area contributed by atoms with E-state index in [4.69, 9.17) is 0 Å². The van der Waals surface area contributed by atoms with Crippen molar-refractivity contribution in [2.75, 3.05) is 5.32 Å². The zero-order valence-electron chi connectivity index (χ0n) is 11.1. The second-order valence-electron chi connectivity index (χ2n) is 4.46. The topological polar surface area (TPSA) is 46.9 Å². The number of amides is 1. The summed E-state index contributed by atoms with van der Waals surface area (Å²) in [6, 6.07) is 6.38. The van der Waals surface area contributed by atoms with Crippen LogP contribution in [0.15, 0.2) is 24.3 Å². The second-order valence-corrected chi connectivity index (χ2v) is 4.46. The van der Waals surface area contributed by atoms with E-state index in [0.29, 0.717) is 4.68 Å². The van der Waals surface area contributed by atoms with Crippen molar-refractivity contribution < 1.29 is 22.4 Å². The molecule has 0 aliphatic rings. The van der Waals surface area contributed by atoms with Crippen LogP contribution in [0.3, 0.4) is 0 Å². The van der Waals surface area contributed by atoms with Crippen molar-refractivity contribution in [3.05, 3.63) is 46.9 Å². The number of alkyl halides is 3. The van der Waals surface area contributed by atoms with Crippen LogP contribution < -0.4 is 5.32 Å². The smallest absolute Gasteiger partial charge is 0.304 e. The molecular formula is C13H11F4N3O. The summed E-state index contributed by atoms with van der Waals surface area (Å²) in [5.74, 6) is -2.95. The van der Waals surface area contributed by atoms with E-state index in [9.17, 15) is 22.4 Å². The van der Waals surface area contributed by atoms with Crippen LogP contribution in [0, 0.1) is 12.7 Å². The van der Waals surface area contributed by atoms with Crippen LogP contribution in [0.5, 0.6) is 0 Å². The van der Waals surface area contributed by atoms with Crippen LogP contribution in [0.25, 0.3) is 0 Å². The summed E-state index contributed by atoms with van der Waals surface area (Å²) in [7, 11) is 1.12. The lowest BCUT2D eigenvalue weighted by molar-refractivity contribution is -0.143. The van der Waals surface area contributed by atoms with Gasteiger partial charge in [-0.3, -0.25) is 4.79 Å². The van der Waals surface area contributed by atoms with Crippen LogP contribution in [-0.2, 0) is 13.2 Å². The summed E-state index contributed by atoms with van der Waals surface area (Å²) >= 11 is 0. The summed E-state index contributed by atoms with van der Waals surface area (Å²) in [4.78, 5) is 11.9. The minimum Gasteiger partial charge on any atom is -0.304 e. The second kappa shape index (κ2) is 5.19. The van der Waals surface area contributed by atoms with Gasteiger partial charge in [0.1, 0.15) is 0 Å². The molecule has 0 saturated carbocycles. The molecule has 2 rings (SSSR count). The van der Waals surface area contributed by atoms with Gasteiger partial charge in [0.05, 0.1) is 0 Å². The van der Waals surface area contributed by atoms with Gasteiger partial charge in [-0.1, -0.05) is 17.7 Å². The van der Waals surface area contributed by atoms with Crippen molar-refractivity contribution >= 4 is 11.7 Å². The highest BCUT2D eigenvalue weighted by atomic mass is 19.4. The number of carbonyl (C=O) groups excluding carboxylic acids is 1. The normalized spacial score (nSPS) is 11.5. The van der Waals surface area contributed by atoms with Gasteiger partial charge in [0.15, 0.2) is 11.6 Å². The standard InChI is InChI=1S/C13H11F4N3O/c1-7-4-3-5-8(6-7)12(21)18-11-9(14)10(13(15,16)17)19-20(11)2/h3-6H,1-2H3,(H,18,21). The Morgan fingerprint density at radius 3 is 2.52 bits per heavy atom. The van der Waals surface area contributed by atoms with Gasteiger partial charge < -0.3 is 5.32 Å². The molecule has 21 heavy (non-hydrogen) atoms. The van der Waals surface area contributed by atoms with E-state index in [2.05, 4.69) is 10.4 Å². The van der Waals surface area contributed by atoms with Gasteiger partial charge in [-0.25, -0.2) is 9.07 Å². The molecule has 0 unspecified atom stereocenters. The Bertz CT molecular complexity index is 691. The summed E-state index contributed by atoms with van der Waals surface area (Å²) in [5.41, 5.74) is -0.655. The third-order valence-electron chi connectivity index (χ3n) is 2.77. The number of aromatic nitrogens is 2. The highest BCUT2D eigenvalue weighted by molar-refractivity contribution is 6.04. The fraction of sp³-hybridized carbons (Fsp3) is 0.231. The molecule has 0 fully saturated rings. The van der Waals surface area contributed by atoms with Gasteiger partial charge in [-0.2, -0.15) is 18.3 Å². The summed E-state index contributed by atoms with van der Waals surface area (Å²) in [6.07, 6.45) is -4.92. The first-order valence-electron chi connectivity index (χ1n) is 5.88. The molecule has 1 aromatic carbocycles.